The van der Waals surface area contributed by atoms with Gasteiger partial charge in [-0.3, -0.25) is 14.2 Å². The van der Waals surface area contributed by atoms with Crippen molar-refractivity contribution in [1.82, 2.24) is 14.5 Å². The van der Waals surface area contributed by atoms with Crippen LogP contribution >= 0.6 is 23.4 Å². The van der Waals surface area contributed by atoms with Gasteiger partial charge in [0.05, 0.1) is 10.9 Å². The van der Waals surface area contributed by atoms with Gasteiger partial charge in [-0.05, 0) is 31.0 Å². The van der Waals surface area contributed by atoms with Crippen LogP contribution in [0.2, 0.25) is 5.02 Å². The van der Waals surface area contributed by atoms with E-state index in [2.05, 4.69) is 6.92 Å². The second-order valence-corrected chi connectivity index (χ2v) is 8.05. The highest BCUT2D eigenvalue weighted by Gasteiger charge is 2.20. The highest BCUT2D eigenvalue weighted by atomic mass is 35.5. The van der Waals surface area contributed by atoms with E-state index in [1.165, 1.54) is 0 Å². The average Bonchev–Trinajstić information content (AvgIpc) is 3.02. The van der Waals surface area contributed by atoms with Crippen LogP contribution in [-0.4, -0.2) is 39.2 Å². The number of benzene rings is 1. The first-order valence-corrected chi connectivity index (χ1v) is 10.6. The number of unbranched alkanes of at least 4 members (excludes halogenated alkanes) is 2. The van der Waals surface area contributed by atoms with Gasteiger partial charge >= 0.3 is 0 Å². The summed E-state index contributed by atoms with van der Waals surface area (Å²) in [6.07, 6.45) is 4.73. The summed E-state index contributed by atoms with van der Waals surface area (Å²) in [6, 6.07) is 5.22. The summed E-state index contributed by atoms with van der Waals surface area (Å²) in [5, 5.41) is 1.89. The van der Waals surface area contributed by atoms with Crippen LogP contribution in [0.3, 0.4) is 0 Å². The Morgan fingerprint density at radius 2 is 2.08 bits per heavy atom. The number of fused-ring (bicyclic) bond motifs is 1. The second kappa shape index (κ2) is 8.91. The maximum absolute atomic E-state index is 12.9. The Morgan fingerprint density at radius 3 is 2.81 bits per heavy atom. The van der Waals surface area contributed by atoms with Crippen molar-refractivity contribution in [3.8, 4) is 0 Å². The highest BCUT2D eigenvalue weighted by molar-refractivity contribution is 7.99. The van der Waals surface area contributed by atoms with E-state index in [0.717, 1.165) is 38.0 Å². The van der Waals surface area contributed by atoms with Crippen LogP contribution in [0.1, 0.15) is 39.0 Å². The van der Waals surface area contributed by atoms with Gasteiger partial charge in [-0.15, -0.1) is 0 Å². The van der Waals surface area contributed by atoms with Gasteiger partial charge < -0.3 is 4.90 Å². The van der Waals surface area contributed by atoms with Crippen molar-refractivity contribution in [2.45, 2.75) is 50.7 Å². The smallest absolute Gasteiger partial charge is 0.262 e. The van der Waals surface area contributed by atoms with E-state index in [1.54, 1.807) is 34.5 Å². The van der Waals surface area contributed by atoms with Crippen LogP contribution in [0.15, 0.2) is 28.2 Å². The standard InChI is InChI=1S/C19H24ClN3O2S/c1-2-3-4-10-23-18(25)15-8-7-14(20)13-16(15)21-19(23)26-12-11-22-9-5-6-17(22)24/h7-8,13H,2-6,9-12H2,1H3. The molecule has 0 atom stereocenters. The Labute approximate surface area is 162 Å². The summed E-state index contributed by atoms with van der Waals surface area (Å²) < 4.78 is 1.78. The van der Waals surface area contributed by atoms with Gasteiger partial charge in [0, 0.05) is 36.8 Å². The van der Waals surface area contributed by atoms with E-state index in [-0.39, 0.29) is 11.5 Å². The number of carbonyl (C=O) groups is 1. The van der Waals surface area contributed by atoms with Crippen molar-refractivity contribution < 1.29 is 4.79 Å². The molecule has 0 bridgehead atoms. The molecule has 0 radical (unpaired) electrons. The van der Waals surface area contributed by atoms with Crippen LogP contribution in [-0.2, 0) is 11.3 Å². The molecule has 1 aromatic heterocycles. The quantitative estimate of drug-likeness (QED) is 0.387. The van der Waals surface area contributed by atoms with Gasteiger partial charge in [-0.2, -0.15) is 0 Å². The molecule has 1 aliphatic heterocycles. The number of amides is 1. The van der Waals surface area contributed by atoms with Gasteiger partial charge in [-0.25, -0.2) is 4.98 Å². The molecule has 5 nitrogen and oxygen atoms in total. The van der Waals surface area contributed by atoms with Gasteiger partial charge in [0.25, 0.3) is 5.56 Å². The molecule has 26 heavy (non-hydrogen) atoms. The highest BCUT2D eigenvalue weighted by Crippen LogP contribution is 2.21. The van der Waals surface area contributed by atoms with E-state index in [9.17, 15) is 9.59 Å². The molecule has 0 spiro atoms. The van der Waals surface area contributed by atoms with Gasteiger partial charge in [0.1, 0.15) is 0 Å². The Morgan fingerprint density at radius 1 is 1.23 bits per heavy atom. The number of nitrogens with zero attached hydrogens (tertiary/aromatic N) is 3. The molecule has 1 aromatic carbocycles. The molecule has 0 saturated carbocycles. The van der Waals surface area contributed by atoms with Crippen molar-refractivity contribution in [2.24, 2.45) is 0 Å². The molecule has 1 saturated heterocycles. The summed E-state index contributed by atoms with van der Waals surface area (Å²) >= 11 is 7.62. The molecule has 3 rings (SSSR count). The van der Waals surface area contributed by atoms with E-state index in [1.807, 2.05) is 4.90 Å². The fourth-order valence-corrected chi connectivity index (χ4v) is 4.34. The molecule has 1 aliphatic rings. The SMILES string of the molecule is CCCCCn1c(SCCN2CCCC2=O)nc2cc(Cl)ccc2c1=O. The molecule has 1 amide bonds. The van der Waals surface area contributed by atoms with Crippen LogP contribution in [0.25, 0.3) is 10.9 Å². The molecule has 2 heterocycles. The van der Waals surface area contributed by atoms with Crippen molar-refractivity contribution in [3.63, 3.8) is 0 Å². The zero-order valence-electron chi connectivity index (χ0n) is 15.0. The first kappa shape index (κ1) is 19.2. The summed E-state index contributed by atoms with van der Waals surface area (Å²) in [5.41, 5.74) is 0.622. The number of likely N-dealkylation sites (tertiary alicyclic amines) is 1. The second-order valence-electron chi connectivity index (χ2n) is 6.55. The molecule has 0 aliphatic carbocycles. The lowest BCUT2D eigenvalue weighted by Gasteiger charge is -2.16. The lowest BCUT2D eigenvalue weighted by molar-refractivity contribution is -0.127. The molecule has 140 valence electrons. The zero-order valence-corrected chi connectivity index (χ0v) is 16.6. The number of halogens is 1. The minimum atomic E-state index is -0.0116. The molecular weight excluding hydrogens is 370 g/mol. The van der Waals surface area contributed by atoms with Crippen molar-refractivity contribution in [2.75, 3.05) is 18.8 Å². The molecular formula is C19H24ClN3O2S. The first-order chi connectivity index (χ1) is 12.6. The Bertz CT molecular complexity index is 853. The number of carbonyl (C=O) groups excluding carboxylic acids is 1. The van der Waals surface area contributed by atoms with Crippen LogP contribution < -0.4 is 5.56 Å². The Balaban J connectivity index is 1.83. The van der Waals surface area contributed by atoms with Crippen LogP contribution in [0.4, 0.5) is 0 Å². The summed E-state index contributed by atoms with van der Waals surface area (Å²) in [7, 11) is 0. The van der Waals surface area contributed by atoms with E-state index in [0.29, 0.717) is 40.6 Å². The van der Waals surface area contributed by atoms with Gasteiger partial charge in [-0.1, -0.05) is 43.1 Å². The third-order valence-corrected chi connectivity index (χ3v) is 5.82. The summed E-state index contributed by atoms with van der Waals surface area (Å²) in [6.45, 7) is 4.35. The first-order valence-electron chi connectivity index (χ1n) is 9.21. The normalized spacial score (nSPS) is 14.5. The third kappa shape index (κ3) is 4.41. The van der Waals surface area contributed by atoms with Crippen molar-refractivity contribution >= 4 is 40.2 Å². The minimum Gasteiger partial charge on any atom is -0.342 e. The number of rotatable bonds is 8. The predicted molar refractivity (Wildman–Crippen MR) is 107 cm³/mol. The lowest BCUT2D eigenvalue weighted by atomic mass is 10.2. The number of hydrogen-bond donors (Lipinski definition) is 0. The third-order valence-electron chi connectivity index (χ3n) is 4.63. The fourth-order valence-electron chi connectivity index (χ4n) is 3.19. The molecule has 0 unspecified atom stereocenters. The van der Waals surface area contributed by atoms with Gasteiger partial charge in [0.15, 0.2) is 5.16 Å². The lowest BCUT2D eigenvalue weighted by Crippen LogP contribution is -2.28. The minimum absolute atomic E-state index is 0.0116. The fraction of sp³-hybridized carbons (Fsp3) is 0.526. The van der Waals surface area contributed by atoms with E-state index >= 15 is 0 Å². The molecule has 0 N–H and O–H groups in total. The monoisotopic (exact) mass is 393 g/mol. The zero-order chi connectivity index (χ0) is 18.5. The molecule has 2 aromatic rings. The average molecular weight is 394 g/mol. The van der Waals surface area contributed by atoms with E-state index in [4.69, 9.17) is 16.6 Å². The molecule has 1 fully saturated rings. The summed E-state index contributed by atoms with van der Waals surface area (Å²) in [4.78, 5) is 31.3. The Kier molecular flexibility index (Phi) is 6.59. The number of thioether (sulfide) groups is 1. The maximum atomic E-state index is 12.9. The van der Waals surface area contributed by atoms with E-state index < -0.39 is 0 Å². The molecule has 7 heteroatoms. The van der Waals surface area contributed by atoms with Crippen molar-refractivity contribution in [3.05, 3.63) is 33.6 Å². The summed E-state index contributed by atoms with van der Waals surface area (Å²) in [5.74, 6) is 0.960. The largest absolute Gasteiger partial charge is 0.342 e. The van der Waals surface area contributed by atoms with Crippen LogP contribution in [0.5, 0.6) is 0 Å². The van der Waals surface area contributed by atoms with Crippen molar-refractivity contribution in [1.29, 1.82) is 0 Å². The maximum Gasteiger partial charge on any atom is 0.262 e. The topological polar surface area (TPSA) is 55.2 Å². The van der Waals surface area contributed by atoms with Crippen LogP contribution in [0, 0.1) is 0 Å². The van der Waals surface area contributed by atoms with Gasteiger partial charge in [0.2, 0.25) is 5.91 Å². The number of aromatic nitrogens is 2. The Hall–Kier alpha value is -1.53. The predicted octanol–water partition coefficient (Wildman–Crippen LogP) is 3.95. The number of hydrogen-bond acceptors (Lipinski definition) is 4.